The number of piperazine rings is 1. The summed E-state index contributed by atoms with van der Waals surface area (Å²) in [6.07, 6.45) is 7.35. The number of nitrogens with zero attached hydrogens (tertiary/aromatic N) is 3. The topological polar surface area (TPSA) is 96.6 Å². The van der Waals surface area contributed by atoms with Gasteiger partial charge in [-0.1, -0.05) is 23.7 Å². The Labute approximate surface area is 183 Å². The number of hydrogen-bond donors (Lipinski definition) is 1. The van der Waals surface area contributed by atoms with Gasteiger partial charge in [0.1, 0.15) is 4.21 Å². The molecule has 2 N–H and O–H groups in total. The molecule has 156 valence electrons. The van der Waals surface area contributed by atoms with Crippen LogP contribution < -0.4 is 5.73 Å². The molecule has 0 saturated carbocycles. The predicted molar refractivity (Wildman–Crippen MR) is 119 cm³/mol. The number of aromatic nitrogens is 1. The largest absolute Gasteiger partial charge is 0.398 e. The molecule has 0 bridgehead atoms. The van der Waals surface area contributed by atoms with Crippen molar-refractivity contribution in [2.24, 2.45) is 0 Å². The van der Waals surface area contributed by atoms with E-state index in [1.807, 2.05) is 6.08 Å². The fraction of sp³-hybridized carbons (Fsp3) is 0.200. The SMILES string of the molecule is Nc1ccncc1CC=CN1CCN(S(=O)(=O)c2cc3ccc(Cl)cc3s2)CC1=O. The summed E-state index contributed by atoms with van der Waals surface area (Å²) in [5, 5.41) is 1.36. The van der Waals surface area contributed by atoms with Crippen LogP contribution in [-0.2, 0) is 21.2 Å². The quantitative estimate of drug-likeness (QED) is 0.628. The molecule has 0 radical (unpaired) electrons. The summed E-state index contributed by atoms with van der Waals surface area (Å²) in [5.41, 5.74) is 7.40. The minimum Gasteiger partial charge on any atom is -0.398 e. The van der Waals surface area contributed by atoms with Crippen molar-refractivity contribution in [3.8, 4) is 0 Å². The lowest BCUT2D eigenvalue weighted by Gasteiger charge is -2.31. The van der Waals surface area contributed by atoms with Gasteiger partial charge in [0.05, 0.1) is 6.54 Å². The molecule has 3 heterocycles. The number of carbonyl (C=O) groups is 1. The van der Waals surface area contributed by atoms with Crippen LogP contribution in [0, 0.1) is 0 Å². The molecule has 0 spiro atoms. The van der Waals surface area contributed by atoms with Crippen LogP contribution in [0.1, 0.15) is 5.56 Å². The zero-order valence-corrected chi connectivity index (χ0v) is 18.3. The van der Waals surface area contributed by atoms with Gasteiger partial charge in [0.2, 0.25) is 5.91 Å². The molecule has 4 rings (SSSR count). The molecule has 1 fully saturated rings. The first-order valence-electron chi connectivity index (χ1n) is 9.18. The molecular weight excluding hydrogens is 444 g/mol. The molecule has 1 aliphatic heterocycles. The highest BCUT2D eigenvalue weighted by Crippen LogP contribution is 2.33. The van der Waals surface area contributed by atoms with E-state index in [-0.39, 0.29) is 29.8 Å². The van der Waals surface area contributed by atoms with Crippen molar-refractivity contribution in [3.63, 3.8) is 0 Å². The number of hydrogen-bond acceptors (Lipinski definition) is 6. The van der Waals surface area contributed by atoms with Gasteiger partial charge >= 0.3 is 0 Å². The van der Waals surface area contributed by atoms with Gasteiger partial charge in [-0.3, -0.25) is 9.78 Å². The van der Waals surface area contributed by atoms with Crippen molar-refractivity contribution >= 4 is 54.6 Å². The Hall–Kier alpha value is -2.46. The van der Waals surface area contributed by atoms with E-state index < -0.39 is 10.0 Å². The lowest BCUT2D eigenvalue weighted by Crippen LogP contribution is -2.50. The Morgan fingerprint density at radius 2 is 2.07 bits per heavy atom. The average Bonchev–Trinajstić information content (AvgIpc) is 3.14. The molecule has 1 aromatic carbocycles. The number of nitrogens with two attached hydrogens (primary N) is 1. The van der Waals surface area contributed by atoms with E-state index in [2.05, 4.69) is 4.98 Å². The van der Waals surface area contributed by atoms with Gasteiger partial charge in [-0.2, -0.15) is 4.31 Å². The first kappa shape index (κ1) is 20.8. The number of rotatable bonds is 5. The van der Waals surface area contributed by atoms with Crippen LogP contribution in [0.15, 0.2) is 59.2 Å². The third kappa shape index (κ3) is 4.20. The number of fused-ring (bicyclic) bond motifs is 1. The van der Waals surface area contributed by atoms with Gasteiger partial charge in [-0.05, 0) is 41.6 Å². The third-order valence-corrected chi connectivity index (χ3v) is 8.47. The van der Waals surface area contributed by atoms with E-state index in [0.29, 0.717) is 17.1 Å². The fourth-order valence-corrected chi connectivity index (χ4v) is 6.39. The maximum atomic E-state index is 13.0. The number of allylic oxidation sites excluding steroid dienone is 1. The number of thiophene rings is 1. The molecule has 1 amide bonds. The van der Waals surface area contributed by atoms with Crippen LogP contribution in [0.25, 0.3) is 10.1 Å². The number of carbonyl (C=O) groups excluding carboxylic acids is 1. The van der Waals surface area contributed by atoms with Crippen molar-refractivity contribution in [1.82, 2.24) is 14.2 Å². The average molecular weight is 463 g/mol. The highest BCUT2D eigenvalue weighted by Gasteiger charge is 2.33. The number of halogens is 1. The molecular formula is C20H19ClN4O3S2. The smallest absolute Gasteiger partial charge is 0.253 e. The highest BCUT2D eigenvalue weighted by atomic mass is 35.5. The predicted octanol–water partition coefficient (Wildman–Crippen LogP) is 3.12. The second-order valence-corrected chi connectivity index (χ2v) is 10.5. The second-order valence-electron chi connectivity index (χ2n) is 6.84. The van der Waals surface area contributed by atoms with E-state index in [1.54, 1.807) is 48.9 Å². The summed E-state index contributed by atoms with van der Waals surface area (Å²) < 4.78 is 28.3. The van der Waals surface area contributed by atoms with Gasteiger partial charge < -0.3 is 10.6 Å². The molecule has 2 aromatic heterocycles. The first-order valence-corrected chi connectivity index (χ1v) is 11.8. The summed E-state index contributed by atoms with van der Waals surface area (Å²) in [5.74, 6) is -0.274. The third-order valence-electron chi connectivity index (χ3n) is 4.84. The van der Waals surface area contributed by atoms with Crippen molar-refractivity contribution < 1.29 is 13.2 Å². The molecule has 0 unspecified atom stereocenters. The number of anilines is 1. The monoisotopic (exact) mass is 462 g/mol. The van der Waals surface area contributed by atoms with Gasteiger partial charge in [-0.25, -0.2) is 8.42 Å². The number of sulfonamides is 1. The van der Waals surface area contributed by atoms with Crippen molar-refractivity contribution in [3.05, 3.63) is 65.6 Å². The number of pyridine rings is 1. The summed E-state index contributed by atoms with van der Waals surface area (Å²) in [4.78, 5) is 18.1. The zero-order valence-electron chi connectivity index (χ0n) is 15.9. The lowest BCUT2D eigenvalue weighted by atomic mass is 10.2. The minimum absolute atomic E-state index is 0.198. The number of benzene rings is 1. The normalized spacial score (nSPS) is 16.0. The van der Waals surface area contributed by atoms with Crippen LogP contribution in [0.5, 0.6) is 0 Å². The van der Waals surface area contributed by atoms with E-state index >= 15 is 0 Å². The molecule has 30 heavy (non-hydrogen) atoms. The van der Waals surface area contributed by atoms with Gasteiger partial charge in [0.15, 0.2) is 0 Å². The van der Waals surface area contributed by atoms with E-state index in [9.17, 15) is 13.2 Å². The van der Waals surface area contributed by atoms with Crippen molar-refractivity contribution in [2.45, 2.75) is 10.6 Å². The Kier molecular flexibility index (Phi) is 5.79. The van der Waals surface area contributed by atoms with E-state index in [1.165, 1.54) is 9.21 Å². The Balaban J connectivity index is 1.44. The second kappa shape index (κ2) is 8.35. The van der Waals surface area contributed by atoms with E-state index in [0.717, 1.165) is 27.0 Å². The maximum Gasteiger partial charge on any atom is 0.253 e. The van der Waals surface area contributed by atoms with Crippen molar-refractivity contribution in [1.29, 1.82) is 0 Å². The summed E-state index contributed by atoms with van der Waals surface area (Å²) >= 11 is 7.15. The maximum absolute atomic E-state index is 13.0. The Bertz CT molecular complexity index is 1240. The zero-order chi connectivity index (χ0) is 21.3. The van der Waals surface area contributed by atoms with Gasteiger partial charge in [0, 0.05) is 47.1 Å². The summed E-state index contributed by atoms with van der Waals surface area (Å²) in [7, 11) is -3.75. The van der Waals surface area contributed by atoms with Crippen LogP contribution in [-0.4, -0.2) is 48.1 Å². The van der Waals surface area contributed by atoms with Crippen LogP contribution in [0.2, 0.25) is 5.02 Å². The minimum atomic E-state index is -3.75. The van der Waals surface area contributed by atoms with Crippen LogP contribution in [0.4, 0.5) is 5.69 Å². The molecule has 10 heteroatoms. The summed E-state index contributed by atoms with van der Waals surface area (Å²) in [6.45, 7) is 0.312. The standard InChI is InChI=1S/C20H19ClN4O3S2/c21-16-4-3-14-10-20(29-18(14)11-16)30(27,28)25-9-8-24(19(26)13-25)7-1-2-15-12-23-6-5-17(15)22/h1,3-7,10-12H,2,8-9,13H2,(H2,22,23). The Morgan fingerprint density at radius 1 is 1.23 bits per heavy atom. The lowest BCUT2D eigenvalue weighted by molar-refractivity contribution is -0.131. The molecule has 7 nitrogen and oxygen atoms in total. The highest BCUT2D eigenvalue weighted by molar-refractivity contribution is 7.91. The number of amides is 1. The van der Waals surface area contributed by atoms with Crippen LogP contribution in [0.3, 0.4) is 0 Å². The molecule has 3 aromatic rings. The van der Waals surface area contributed by atoms with Gasteiger partial charge in [0.25, 0.3) is 10.0 Å². The summed E-state index contributed by atoms with van der Waals surface area (Å²) in [6, 6.07) is 8.60. The fourth-order valence-electron chi connectivity index (χ4n) is 3.18. The van der Waals surface area contributed by atoms with Gasteiger partial charge in [-0.15, -0.1) is 11.3 Å². The van der Waals surface area contributed by atoms with Crippen LogP contribution >= 0.6 is 22.9 Å². The number of nitrogen functional groups attached to an aromatic ring is 1. The molecule has 1 aliphatic rings. The Morgan fingerprint density at radius 3 is 2.83 bits per heavy atom. The van der Waals surface area contributed by atoms with E-state index in [4.69, 9.17) is 17.3 Å². The molecule has 0 aliphatic carbocycles. The first-order chi connectivity index (χ1) is 14.3. The van der Waals surface area contributed by atoms with Crippen molar-refractivity contribution in [2.75, 3.05) is 25.4 Å². The molecule has 1 saturated heterocycles. The molecule has 0 atom stereocenters.